The van der Waals surface area contributed by atoms with Gasteiger partial charge in [-0.2, -0.15) is 0 Å². The maximum absolute atomic E-state index is 13.3. The van der Waals surface area contributed by atoms with Crippen molar-refractivity contribution < 1.29 is 14.2 Å². The fourth-order valence-corrected chi connectivity index (χ4v) is 2.70. The summed E-state index contributed by atoms with van der Waals surface area (Å²) in [5.74, 6) is -0.131. The van der Waals surface area contributed by atoms with Gasteiger partial charge in [-0.25, -0.2) is 4.39 Å². The van der Waals surface area contributed by atoms with Crippen LogP contribution in [0.3, 0.4) is 0 Å². The number of aliphatic hydroxyl groups excluding tert-OH is 1. The van der Waals surface area contributed by atoms with E-state index in [0.717, 1.165) is 25.7 Å². The lowest BCUT2D eigenvalue weighted by molar-refractivity contribution is 0.00634. The predicted octanol–water partition coefficient (Wildman–Crippen LogP) is 3.92. The summed E-state index contributed by atoms with van der Waals surface area (Å²) in [5, 5.41) is 9.83. The molecule has 2 atom stereocenters. The molecule has 0 bridgehead atoms. The van der Waals surface area contributed by atoms with Gasteiger partial charge in [0.2, 0.25) is 0 Å². The molecule has 0 amide bonds. The zero-order chi connectivity index (χ0) is 12.4. The number of rotatable bonds is 2. The Labute approximate surface area is 113 Å². The van der Waals surface area contributed by atoms with Crippen molar-refractivity contribution in [2.45, 2.75) is 37.9 Å². The largest absolute Gasteiger partial charge is 0.486 e. The maximum Gasteiger partial charge on any atom is 0.145 e. The molecule has 5 heteroatoms. The smallest absolute Gasteiger partial charge is 0.145 e. The monoisotopic (exact) mass is 322 g/mol. The molecule has 0 saturated heterocycles. The molecule has 0 aliphatic heterocycles. The Balaban J connectivity index is 2.15. The van der Waals surface area contributed by atoms with Crippen LogP contribution in [-0.4, -0.2) is 17.3 Å². The summed E-state index contributed by atoms with van der Waals surface area (Å²) in [6.07, 6.45) is 2.82. The van der Waals surface area contributed by atoms with E-state index >= 15 is 0 Å². The predicted molar refractivity (Wildman–Crippen MR) is 68.0 cm³/mol. The first kappa shape index (κ1) is 13.1. The molecule has 17 heavy (non-hydrogen) atoms. The minimum Gasteiger partial charge on any atom is -0.486 e. The molecule has 1 saturated carbocycles. The van der Waals surface area contributed by atoms with Crippen LogP contribution in [0, 0.1) is 5.82 Å². The van der Waals surface area contributed by atoms with Gasteiger partial charge < -0.3 is 9.84 Å². The molecule has 1 aliphatic carbocycles. The Bertz CT molecular complexity index is 414. The quantitative estimate of drug-likeness (QED) is 0.836. The molecule has 2 unspecified atom stereocenters. The third-order valence-corrected chi connectivity index (χ3v) is 3.83. The van der Waals surface area contributed by atoms with Gasteiger partial charge in [0.25, 0.3) is 0 Å². The van der Waals surface area contributed by atoms with E-state index in [4.69, 9.17) is 16.3 Å². The second-order valence-electron chi connectivity index (χ2n) is 4.20. The number of hydrogen-bond donors (Lipinski definition) is 1. The van der Waals surface area contributed by atoms with Crippen molar-refractivity contribution >= 4 is 27.5 Å². The maximum atomic E-state index is 13.3. The van der Waals surface area contributed by atoms with Crippen LogP contribution >= 0.6 is 27.5 Å². The van der Waals surface area contributed by atoms with Crippen LogP contribution in [0.5, 0.6) is 5.75 Å². The first-order chi connectivity index (χ1) is 8.08. The Hall–Kier alpha value is -0.320. The molecule has 1 aromatic carbocycles. The van der Waals surface area contributed by atoms with Crippen molar-refractivity contribution in [3.63, 3.8) is 0 Å². The van der Waals surface area contributed by atoms with E-state index in [-0.39, 0.29) is 11.1 Å². The van der Waals surface area contributed by atoms with Crippen molar-refractivity contribution in [3.05, 3.63) is 27.4 Å². The van der Waals surface area contributed by atoms with Gasteiger partial charge in [0.15, 0.2) is 0 Å². The van der Waals surface area contributed by atoms with Crippen molar-refractivity contribution in [2.75, 3.05) is 0 Å². The SMILES string of the molecule is OC1CCCCC1Oc1cc(F)c(Cl)cc1Br. The highest BCUT2D eigenvalue weighted by Crippen LogP contribution is 2.33. The van der Waals surface area contributed by atoms with Crippen LogP contribution in [0.25, 0.3) is 0 Å². The van der Waals surface area contributed by atoms with Gasteiger partial charge in [-0.15, -0.1) is 0 Å². The molecular formula is C12H13BrClFO2. The fourth-order valence-electron chi connectivity index (χ4n) is 1.97. The van der Waals surface area contributed by atoms with E-state index in [9.17, 15) is 9.50 Å². The molecule has 1 N–H and O–H groups in total. The molecule has 2 nitrogen and oxygen atoms in total. The summed E-state index contributed by atoms with van der Waals surface area (Å²) >= 11 is 8.92. The molecule has 0 aromatic heterocycles. The van der Waals surface area contributed by atoms with Crippen LogP contribution in [0.1, 0.15) is 25.7 Å². The van der Waals surface area contributed by atoms with Gasteiger partial charge in [0, 0.05) is 6.07 Å². The van der Waals surface area contributed by atoms with Gasteiger partial charge in [0.1, 0.15) is 17.7 Å². The average Bonchev–Trinajstić information content (AvgIpc) is 2.29. The van der Waals surface area contributed by atoms with E-state index in [1.807, 2.05) is 0 Å². The molecule has 0 radical (unpaired) electrons. The van der Waals surface area contributed by atoms with Crippen LogP contribution in [0.4, 0.5) is 4.39 Å². The summed E-state index contributed by atoms with van der Waals surface area (Å²) in [4.78, 5) is 0. The Morgan fingerprint density at radius 3 is 2.76 bits per heavy atom. The number of hydrogen-bond acceptors (Lipinski definition) is 2. The Morgan fingerprint density at radius 2 is 2.06 bits per heavy atom. The molecule has 2 rings (SSSR count). The van der Waals surface area contributed by atoms with E-state index in [2.05, 4.69) is 15.9 Å². The lowest BCUT2D eigenvalue weighted by Gasteiger charge is -2.28. The van der Waals surface area contributed by atoms with Crippen molar-refractivity contribution in [3.8, 4) is 5.75 Å². The summed E-state index contributed by atoms with van der Waals surface area (Å²) in [6.45, 7) is 0. The van der Waals surface area contributed by atoms with E-state index in [0.29, 0.717) is 10.2 Å². The molecule has 94 valence electrons. The summed E-state index contributed by atoms with van der Waals surface area (Å²) in [6, 6.07) is 2.70. The van der Waals surface area contributed by atoms with Crippen LogP contribution in [-0.2, 0) is 0 Å². The first-order valence-electron chi connectivity index (χ1n) is 5.57. The number of benzene rings is 1. The highest BCUT2D eigenvalue weighted by molar-refractivity contribution is 9.10. The van der Waals surface area contributed by atoms with Gasteiger partial charge >= 0.3 is 0 Å². The van der Waals surface area contributed by atoms with E-state index < -0.39 is 11.9 Å². The average molecular weight is 324 g/mol. The topological polar surface area (TPSA) is 29.5 Å². The minimum absolute atomic E-state index is 0.0495. The van der Waals surface area contributed by atoms with Gasteiger partial charge in [-0.1, -0.05) is 18.0 Å². The first-order valence-corrected chi connectivity index (χ1v) is 6.74. The lowest BCUT2D eigenvalue weighted by atomic mass is 9.95. The van der Waals surface area contributed by atoms with Crippen molar-refractivity contribution in [1.29, 1.82) is 0 Å². The molecular weight excluding hydrogens is 310 g/mol. The molecule has 1 fully saturated rings. The molecule has 0 spiro atoms. The number of aliphatic hydroxyl groups is 1. The number of halogens is 3. The second kappa shape index (κ2) is 5.55. The van der Waals surface area contributed by atoms with Crippen LogP contribution in [0.15, 0.2) is 16.6 Å². The van der Waals surface area contributed by atoms with Gasteiger partial charge in [0.05, 0.1) is 15.6 Å². The fraction of sp³-hybridized carbons (Fsp3) is 0.500. The normalized spacial score (nSPS) is 24.7. The second-order valence-corrected chi connectivity index (χ2v) is 5.47. The van der Waals surface area contributed by atoms with Gasteiger partial charge in [-0.05, 0) is 41.3 Å². The molecule has 0 heterocycles. The summed E-state index contributed by atoms with van der Waals surface area (Å²) < 4.78 is 19.6. The molecule has 1 aliphatic rings. The highest BCUT2D eigenvalue weighted by Gasteiger charge is 2.25. The van der Waals surface area contributed by atoms with Gasteiger partial charge in [-0.3, -0.25) is 0 Å². The Morgan fingerprint density at radius 1 is 1.35 bits per heavy atom. The third-order valence-electron chi connectivity index (χ3n) is 2.92. The Kier molecular flexibility index (Phi) is 4.28. The summed E-state index contributed by atoms with van der Waals surface area (Å²) in [7, 11) is 0. The van der Waals surface area contributed by atoms with E-state index in [1.165, 1.54) is 12.1 Å². The van der Waals surface area contributed by atoms with Crippen molar-refractivity contribution in [2.24, 2.45) is 0 Å². The lowest BCUT2D eigenvalue weighted by Crippen LogP contribution is -2.34. The number of ether oxygens (including phenoxy) is 1. The van der Waals surface area contributed by atoms with E-state index in [1.54, 1.807) is 0 Å². The molecule has 1 aromatic rings. The highest BCUT2D eigenvalue weighted by atomic mass is 79.9. The zero-order valence-corrected chi connectivity index (χ0v) is 11.5. The third kappa shape index (κ3) is 3.12. The standard InChI is InChI=1S/C12H13BrClFO2/c13-7-5-8(14)9(15)6-12(7)17-11-4-2-1-3-10(11)16/h5-6,10-11,16H,1-4H2. The zero-order valence-electron chi connectivity index (χ0n) is 9.13. The van der Waals surface area contributed by atoms with Crippen LogP contribution in [0.2, 0.25) is 5.02 Å². The summed E-state index contributed by atoms with van der Waals surface area (Å²) in [5.41, 5.74) is 0. The van der Waals surface area contributed by atoms with Crippen LogP contribution < -0.4 is 4.74 Å². The van der Waals surface area contributed by atoms with Crippen molar-refractivity contribution in [1.82, 2.24) is 0 Å². The minimum atomic E-state index is -0.518.